The number of aromatic nitrogens is 4. The zero-order valence-electron chi connectivity index (χ0n) is 10.1. The molecule has 0 saturated heterocycles. The molecule has 3 N–H and O–H groups in total. The zero-order valence-corrected chi connectivity index (χ0v) is 11.7. The Morgan fingerprint density at radius 3 is 3.00 bits per heavy atom. The number of hydrogen-bond acceptors (Lipinski definition) is 6. The summed E-state index contributed by atoms with van der Waals surface area (Å²) < 4.78 is 0.975. The highest BCUT2D eigenvalue weighted by molar-refractivity contribution is 9.10. The van der Waals surface area contributed by atoms with Gasteiger partial charge in [0.1, 0.15) is 5.75 Å². The fourth-order valence-corrected chi connectivity index (χ4v) is 2.19. The van der Waals surface area contributed by atoms with Crippen LogP contribution >= 0.6 is 15.9 Å². The number of hydrazone groups is 1. The van der Waals surface area contributed by atoms with Gasteiger partial charge in [0.25, 0.3) is 5.95 Å². The Bertz CT molecular complexity index is 771. The average molecular weight is 333 g/mol. The van der Waals surface area contributed by atoms with Crippen LogP contribution in [0.4, 0.5) is 5.95 Å². The molecule has 0 unspecified atom stereocenters. The van der Waals surface area contributed by atoms with Crippen molar-refractivity contribution in [2.24, 2.45) is 5.10 Å². The van der Waals surface area contributed by atoms with Gasteiger partial charge in [0.2, 0.25) is 0 Å². The molecule has 1 heterocycles. The SMILES string of the molecule is Oc1ccc2cc(Br)ccc2c1/C=N\Nc1nn[nH]n1. The third-order valence-electron chi connectivity index (χ3n) is 2.70. The van der Waals surface area contributed by atoms with Crippen molar-refractivity contribution in [2.75, 3.05) is 5.43 Å². The smallest absolute Gasteiger partial charge is 0.283 e. The molecular weight excluding hydrogens is 324 g/mol. The number of halogens is 1. The van der Waals surface area contributed by atoms with E-state index in [-0.39, 0.29) is 11.7 Å². The van der Waals surface area contributed by atoms with Crippen LogP contribution in [0.3, 0.4) is 0 Å². The van der Waals surface area contributed by atoms with E-state index in [0.717, 1.165) is 15.2 Å². The van der Waals surface area contributed by atoms with Gasteiger partial charge in [-0.1, -0.05) is 33.2 Å². The largest absolute Gasteiger partial charge is 0.507 e. The Morgan fingerprint density at radius 1 is 1.30 bits per heavy atom. The minimum atomic E-state index is 0.151. The molecule has 7 nitrogen and oxygen atoms in total. The number of nitrogens with zero attached hydrogens (tertiary/aromatic N) is 4. The Morgan fingerprint density at radius 2 is 2.20 bits per heavy atom. The van der Waals surface area contributed by atoms with Gasteiger partial charge in [0.05, 0.1) is 6.21 Å². The topological polar surface area (TPSA) is 99.1 Å². The number of benzene rings is 2. The van der Waals surface area contributed by atoms with E-state index in [4.69, 9.17) is 0 Å². The molecule has 20 heavy (non-hydrogen) atoms. The van der Waals surface area contributed by atoms with Gasteiger partial charge in [-0.3, -0.25) is 0 Å². The molecule has 3 rings (SSSR count). The highest BCUT2D eigenvalue weighted by Crippen LogP contribution is 2.27. The van der Waals surface area contributed by atoms with Crippen molar-refractivity contribution in [3.8, 4) is 5.75 Å². The van der Waals surface area contributed by atoms with Gasteiger partial charge in [0, 0.05) is 10.0 Å². The summed E-state index contributed by atoms with van der Waals surface area (Å²) in [5.74, 6) is 0.405. The molecule has 0 fully saturated rings. The number of aromatic amines is 1. The van der Waals surface area contributed by atoms with Crippen LogP contribution in [0, 0.1) is 0 Å². The number of phenolic OH excluding ortho intramolecular Hbond substituents is 1. The Hall–Kier alpha value is -2.48. The highest BCUT2D eigenvalue weighted by atomic mass is 79.9. The van der Waals surface area contributed by atoms with Crippen molar-refractivity contribution in [2.45, 2.75) is 0 Å². The highest BCUT2D eigenvalue weighted by Gasteiger charge is 2.05. The molecular formula is C12H9BrN6O. The van der Waals surface area contributed by atoms with E-state index in [1.165, 1.54) is 6.21 Å². The van der Waals surface area contributed by atoms with Crippen molar-refractivity contribution in [1.82, 2.24) is 20.6 Å². The van der Waals surface area contributed by atoms with Crippen molar-refractivity contribution in [3.05, 3.63) is 40.4 Å². The van der Waals surface area contributed by atoms with Gasteiger partial charge in [-0.15, -0.1) is 5.10 Å². The Kier molecular flexibility index (Phi) is 3.30. The second-order valence-corrected chi connectivity index (χ2v) is 4.88. The fraction of sp³-hybridized carbons (Fsp3) is 0. The summed E-state index contributed by atoms with van der Waals surface area (Å²) in [5, 5.41) is 28.9. The first kappa shape index (κ1) is 12.5. The molecule has 0 atom stereocenters. The van der Waals surface area contributed by atoms with Gasteiger partial charge >= 0.3 is 0 Å². The number of nitrogens with one attached hydrogen (secondary N) is 2. The molecule has 0 radical (unpaired) electrons. The van der Waals surface area contributed by atoms with E-state index in [1.54, 1.807) is 6.07 Å². The number of aromatic hydroxyl groups is 1. The van der Waals surface area contributed by atoms with E-state index >= 15 is 0 Å². The van der Waals surface area contributed by atoms with Crippen LogP contribution in [0.15, 0.2) is 39.9 Å². The number of phenols is 1. The van der Waals surface area contributed by atoms with Crippen molar-refractivity contribution >= 4 is 38.9 Å². The molecule has 2 aromatic carbocycles. The quantitative estimate of drug-likeness (QED) is 0.504. The number of rotatable bonds is 3. The lowest BCUT2D eigenvalue weighted by atomic mass is 10.0. The standard InChI is InChI=1S/C12H9BrN6O/c13-8-2-3-9-7(5-8)1-4-11(20)10(9)6-14-15-12-16-18-19-17-12/h1-6,20H,(H2,15,16,17,18,19)/b14-6-. The molecule has 0 aliphatic carbocycles. The second-order valence-electron chi connectivity index (χ2n) is 3.97. The summed E-state index contributed by atoms with van der Waals surface area (Å²) in [7, 11) is 0. The molecule has 0 bridgehead atoms. The Labute approximate surface area is 121 Å². The lowest BCUT2D eigenvalue weighted by Crippen LogP contribution is -1.94. The molecule has 0 saturated carbocycles. The molecule has 8 heteroatoms. The van der Waals surface area contributed by atoms with Gasteiger partial charge in [-0.25, -0.2) is 5.43 Å². The number of fused-ring (bicyclic) bond motifs is 1. The predicted molar refractivity (Wildman–Crippen MR) is 78.7 cm³/mol. The first-order valence-corrected chi connectivity index (χ1v) is 6.47. The Balaban J connectivity index is 1.97. The zero-order chi connectivity index (χ0) is 13.9. The van der Waals surface area contributed by atoms with Crippen LogP contribution in [-0.2, 0) is 0 Å². The van der Waals surface area contributed by atoms with Gasteiger partial charge in [-0.05, 0) is 34.2 Å². The maximum atomic E-state index is 9.95. The minimum Gasteiger partial charge on any atom is -0.507 e. The third-order valence-corrected chi connectivity index (χ3v) is 3.20. The molecule has 0 aliphatic heterocycles. The summed E-state index contributed by atoms with van der Waals surface area (Å²) in [6.07, 6.45) is 1.52. The monoisotopic (exact) mass is 332 g/mol. The molecule has 0 spiro atoms. The first-order chi connectivity index (χ1) is 9.74. The first-order valence-electron chi connectivity index (χ1n) is 5.68. The molecule has 0 aliphatic rings. The third kappa shape index (κ3) is 2.45. The fourth-order valence-electron chi connectivity index (χ4n) is 1.81. The molecule has 100 valence electrons. The predicted octanol–water partition coefficient (Wildman–Crippen LogP) is 2.27. The molecule has 1 aromatic heterocycles. The maximum absolute atomic E-state index is 9.95. The van der Waals surface area contributed by atoms with E-state index in [0.29, 0.717) is 5.56 Å². The number of tetrazole rings is 1. The van der Waals surface area contributed by atoms with Crippen LogP contribution in [0.5, 0.6) is 5.75 Å². The van der Waals surface area contributed by atoms with E-state index in [9.17, 15) is 5.11 Å². The van der Waals surface area contributed by atoms with Crippen molar-refractivity contribution < 1.29 is 5.11 Å². The van der Waals surface area contributed by atoms with E-state index in [2.05, 4.69) is 47.1 Å². The lowest BCUT2D eigenvalue weighted by molar-refractivity contribution is 0.475. The van der Waals surface area contributed by atoms with Crippen LogP contribution < -0.4 is 5.43 Å². The minimum absolute atomic E-state index is 0.151. The number of anilines is 1. The summed E-state index contributed by atoms with van der Waals surface area (Å²) in [6.45, 7) is 0. The number of H-pyrrole nitrogens is 1. The summed E-state index contributed by atoms with van der Waals surface area (Å²) in [6, 6.07) is 9.27. The number of hydrogen-bond donors (Lipinski definition) is 3. The van der Waals surface area contributed by atoms with Gasteiger partial charge in [-0.2, -0.15) is 10.3 Å². The normalized spacial score (nSPS) is 11.2. The summed E-state index contributed by atoms with van der Waals surface area (Å²) in [4.78, 5) is 0. The van der Waals surface area contributed by atoms with Crippen molar-refractivity contribution in [1.29, 1.82) is 0 Å². The average Bonchev–Trinajstić information content (AvgIpc) is 2.94. The van der Waals surface area contributed by atoms with E-state index < -0.39 is 0 Å². The lowest BCUT2D eigenvalue weighted by Gasteiger charge is -2.05. The van der Waals surface area contributed by atoms with Crippen LogP contribution in [0.2, 0.25) is 0 Å². The van der Waals surface area contributed by atoms with E-state index in [1.807, 2.05) is 24.3 Å². The molecule has 3 aromatic rings. The van der Waals surface area contributed by atoms with Crippen LogP contribution in [-0.4, -0.2) is 31.9 Å². The van der Waals surface area contributed by atoms with Crippen molar-refractivity contribution in [3.63, 3.8) is 0 Å². The van der Waals surface area contributed by atoms with Crippen LogP contribution in [0.25, 0.3) is 10.8 Å². The van der Waals surface area contributed by atoms with Gasteiger partial charge < -0.3 is 5.11 Å². The second kappa shape index (κ2) is 5.25. The maximum Gasteiger partial charge on any atom is 0.283 e. The summed E-state index contributed by atoms with van der Waals surface area (Å²) in [5.41, 5.74) is 3.23. The molecule has 0 amide bonds. The van der Waals surface area contributed by atoms with Crippen LogP contribution in [0.1, 0.15) is 5.56 Å². The van der Waals surface area contributed by atoms with Gasteiger partial charge in [0.15, 0.2) is 0 Å². The summed E-state index contributed by atoms with van der Waals surface area (Å²) >= 11 is 3.42.